The Balaban J connectivity index is 2.12. The largest absolute Gasteiger partial charge is 0.372 e. The second-order valence-electron chi connectivity index (χ2n) is 6.15. The number of nitrogens with zero attached hydrogens (tertiary/aromatic N) is 2. The van der Waals surface area contributed by atoms with Crippen molar-refractivity contribution in [3.63, 3.8) is 0 Å². The van der Waals surface area contributed by atoms with Crippen LogP contribution in [0.1, 0.15) is 40.5 Å². The van der Waals surface area contributed by atoms with E-state index in [1.54, 1.807) is 12.1 Å². The van der Waals surface area contributed by atoms with Crippen molar-refractivity contribution in [3.05, 3.63) is 18.3 Å². The smallest absolute Gasteiger partial charge is 0.242 e. The molecule has 1 aromatic rings. The van der Waals surface area contributed by atoms with Gasteiger partial charge in [0.2, 0.25) is 10.0 Å². The van der Waals surface area contributed by atoms with Gasteiger partial charge in [-0.25, -0.2) is 18.1 Å². The van der Waals surface area contributed by atoms with Crippen LogP contribution < -0.4 is 9.62 Å². The van der Waals surface area contributed by atoms with Gasteiger partial charge in [0.1, 0.15) is 10.7 Å². The molecule has 7 heteroatoms. The summed E-state index contributed by atoms with van der Waals surface area (Å²) in [6.07, 6.45) is 3.25. The minimum absolute atomic E-state index is 0.0411. The molecule has 0 bridgehead atoms. The maximum atomic E-state index is 12.4. The number of ether oxygens (including phenoxy) is 1. The summed E-state index contributed by atoms with van der Waals surface area (Å²) in [6, 6.07) is 3.35. The molecule has 2 rings (SSSR count). The standard InChI is InChI=1S/C16H27N3O3S/c1-5-14(6-2)18-23(20,21)15-7-8-16(17-9-15)19-10-12(3)22-13(4)11-19/h7-9,12-14,18H,5-6,10-11H2,1-4H3/t12-,13+. The van der Waals surface area contributed by atoms with Gasteiger partial charge in [-0.3, -0.25) is 0 Å². The first kappa shape index (κ1) is 18.2. The first-order valence-electron chi connectivity index (χ1n) is 8.24. The van der Waals surface area contributed by atoms with Gasteiger partial charge >= 0.3 is 0 Å². The van der Waals surface area contributed by atoms with Gasteiger partial charge in [-0.05, 0) is 38.8 Å². The van der Waals surface area contributed by atoms with Gasteiger partial charge in [0.15, 0.2) is 0 Å². The molecular formula is C16H27N3O3S. The molecule has 1 saturated heterocycles. The lowest BCUT2D eigenvalue weighted by Crippen LogP contribution is -2.45. The highest BCUT2D eigenvalue weighted by Crippen LogP contribution is 2.20. The Morgan fingerprint density at radius 2 is 1.87 bits per heavy atom. The third kappa shape index (κ3) is 4.65. The number of hydrogen-bond acceptors (Lipinski definition) is 5. The Bertz CT molecular complexity index is 590. The van der Waals surface area contributed by atoms with Gasteiger partial charge in [-0.1, -0.05) is 13.8 Å². The molecule has 0 unspecified atom stereocenters. The molecule has 130 valence electrons. The van der Waals surface area contributed by atoms with E-state index in [0.717, 1.165) is 31.7 Å². The normalized spacial score (nSPS) is 22.6. The third-order valence-corrected chi connectivity index (χ3v) is 5.59. The minimum atomic E-state index is -3.51. The van der Waals surface area contributed by atoms with Crippen molar-refractivity contribution in [2.24, 2.45) is 0 Å². The minimum Gasteiger partial charge on any atom is -0.372 e. The third-order valence-electron chi connectivity index (χ3n) is 4.08. The van der Waals surface area contributed by atoms with Gasteiger partial charge in [0.05, 0.1) is 12.2 Å². The van der Waals surface area contributed by atoms with E-state index < -0.39 is 10.0 Å². The van der Waals surface area contributed by atoms with E-state index in [2.05, 4.69) is 14.6 Å². The Labute approximate surface area is 139 Å². The predicted molar refractivity (Wildman–Crippen MR) is 91.2 cm³/mol. The topological polar surface area (TPSA) is 71.5 Å². The number of pyridine rings is 1. The Kier molecular flexibility index (Phi) is 6.00. The predicted octanol–water partition coefficient (Wildman–Crippen LogP) is 2.16. The summed E-state index contributed by atoms with van der Waals surface area (Å²) in [7, 11) is -3.51. The van der Waals surface area contributed by atoms with Crippen LogP contribution in [0.2, 0.25) is 0 Å². The fourth-order valence-electron chi connectivity index (χ4n) is 2.83. The maximum Gasteiger partial charge on any atom is 0.242 e. The van der Waals surface area contributed by atoms with E-state index in [-0.39, 0.29) is 23.1 Å². The molecule has 0 spiro atoms. The Morgan fingerprint density at radius 1 is 1.26 bits per heavy atom. The van der Waals surface area contributed by atoms with Crippen molar-refractivity contribution in [1.29, 1.82) is 0 Å². The van der Waals surface area contributed by atoms with Crippen molar-refractivity contribution >= 4 is 15.8 Å². The molecule has 0 aliphatic carbocycles. The molecule has 2 heterocycles. The van der Waals surface area contributed by atoms with Crippen LogP contribution in [0, 0.1) is 0 Å². The maximum absolute atomic E-state index is 12.4. The molecule has 0 saturated carbocycles. The van der Waals surface area contributed by atoms with Crippen LogP contribution >= 0.6 is 0 Å². The first-order valence-corrected chi connectivity index (χ1v) is 9.72. The van der Waals surface area contributed by atoms with E-state index >= 15 is 0 Å². The van der Waals surface area contributed by atoms with Crippen molar-refractivity contribution in [2.75, 3.05) is 18.0 Å². The van der Waals surface area contributed by atoms with Crippen LogP contribution in [0.4, 0.5) is 5.82 Å². The molecule has 1 fully saturated rings. The number of nitrogens with one attached hydrogen (secondary N) is 1. The van der Waals surface area contributed by atoms with Crippen LogP contribution in [0.5, 0.6) is 0 Å². The molecule has 0 radical (unpaired) electrons. The molecule has 23 heavy (non-hydrogen) atoms. The molecule has 1 aromatic heterocycles. The van der Waals surface area contributed by atoms with Crippen LogP contribution in [0.15, 0.2) is 23.2 Å². The SMILES string of the molecule is CCC(CC)NS(=O)(=O)c1ccc(N2C[C@@H](C)O[C@@H](C)C2)nc1. The average Bonchev–Trinajstić information content (AvgIpc) is 2.52. The summed E-state index contributed by atoms with van der Waals surface area (Å²) in [5.74, 6) is 0.786. The molecule has 1 aliphatic rings. The van der Waals surface area contributed by atoms with Crippen molar-refractivity contribution in [2.45, 2.75) is 63.7 Å². The summed E-state index contributed by atoms with van der Waals surface area (Å²) < 4.78 is 33.2. The monoisotopic (exact) mass is 341 g/mol. The van der Waals surface area contributed by atoms with Crippen molar-refractivity contribution in [1.82, 2.24) is 9.71 Å². The van der Waals surface area contributed by atoms with Gasteiger partial charge in [0.25, 0.3) is 0 Å². The summed E-state index contributed by atoms with van der Waals surface area (Å²) in [5, 5.41) is 0. The summed E-state index contributed by atoms with van der Waals surface area (Å²) in [6.45, 7) is 9.52. The lowest BCUT2D eigenvalue weighted by atomic mass is 10.2. The molecule has 6 nitrogen and oxygen atoms in total. The van der Waals surface area contributed by atoms with Crippen LogP contribution in [0.25, 0.3) is 0 Å². The highest BCUT2D eigenvalue weighted by molar-refractivity contribution is 7.89. The van der Waals surface area contributed by atoms with Crippen LogP contribution in [-0.2, 0) is 14.8 Å². The van der Waals surface area contributed by atoms with E-state index in [9.17, 15) is 8.42 Å². The zero-order chi connectivity index (χ0) is 17.0. The summed E-state index contributed by atoms with van der Waals surface area (Å²) >= 11 is 0. The fraction of sp³-hybridized carbons (Fsp3) is 0.688. The Hall–Kier alpha value is -1.18. The quantitative estimate of drug-likeness (QED) is 0.858. The van der Waals surface area contributed by atoms with E-state index in [1.807, 2.05) is 27.7 Å². The van der Waals surface area contributed by atoms with E-state index in [4.69, 9.17) is 4.74 Å². The second-order valence-corrected chi connectivity index (χ2v) is 7.86. The van der Waals surface area contributed by atoms with Gasteiger partial charge in [0, 0.05) is 25.3 Å². The number of morpholine rings is 1. The number of hydrogen-bond donors (Lipinski definition) is 1. The van der Waals surface area contributed by atoms with E-state index in [1.165, 1.54) is 6.20 Å². The number of aromatic nitrogens is 1. The molecule has 1 N–H and O–H groups in total. The number of sulfonamides is 1. The second kappa shape index (κ2) is 7.59. The van der Waals surface area contributed by atoms with Crippen molar-refractivity contribution in [3.8, 4) is 0 Å². The summed E-state index contributed by atoms with van der Waals surface area (Å²) in [4.78, 5) is 6.69. The lowest BCUT2D eigenvalue weighted by molar-refractivity contribution is -0.00546. The first-order chi connectivity index (χ1) is 10.9. The number of rotatable bonds is 6. The Morgan fingerprint density at radius 3 is 2.35 bits per heavy atom. The molecular weight excluding hydrogens is 314 g/mol. The lowest BCUT2D eigenvalue weighted by Gasteiger charge is -2.36. The zero-order valence-electron chi connectivity index (χ0n) is 14.3. The molecule has 2 atom stereocenters. The van der Waals surface area contributed by atoms with Gasteiger partial charge < -0.3 is 9.64 Å². The molecule has 0 aromatic carbocycles. The van der Waals surface area contributed by atoms with Crippen molar-refractivity contribution < 1.29 is 13.2 Å². The number of anilines is 1. The zero-order valence-corrected chi connectivity index (χ0v) is 15.1. The average molecular weight is 341 g/mol. The van der Waals surface area contributed by atoms with E-state index in [0.29, 0.717) is 0 Å². The fourth-order valence-corrected chi connectivity index (χ4v) is 4.17. The molecule has 1 aliphatic heterocycles. The van der Waals surface area contributed by atoms with Crippen LogP contribution in [-0.4, -0.2) is 44.7 Å². The van der Waals surface area contributed by atoms with Crippen LogP contribution in [0.3, 0.4) is 0 Å². The molecule has 0 amide bonds. The highest BCUT2D eigenvalue weighted by atomic mass is 32.2. The highest BCUT2D eigenvalue weighted by Gasteiger charge is 2.24. The van der Waals surface area contributed by atoms with Gasteiger partial charge in [-0.2, -0.15) is 0 Å². The van der Waals surface area contributed by atoms with Gasteiger partial charge in [-0.15, -0.1) is 0 Å². The summed E-state index contributed by atoms with van der Waals surface area (Å²) in [5.41, 5.74) is 0.